The molecular formula is C8H17NO3. The van der Waals surface area contributed by atoms with Crippen LogP contribution in [0.2, 0.25) is 0 Å². The normalized spacial score (nSPS) is 15.2. The maximum Gasteiger partial charge on any atom is 0.294 e. The van der Waals surface area contributed by atoms with Gasteiger partial charge in [0.05, 0.1) is 0 Å². The number of rotatable bonds is 6. The molecular weight excluding hydrogens is 158 g/mol. The molecule has 0 spiro atoms. The molecule has 0 heterocycles. The van der Waals surface area contributed by atoms with Crippen molar-refractivity contribution in [2.75, 3.05) is 0 Å². The van der Waals surface area contributed by atoms with E-state index < -0.39 is 5.09 Å². The predicted molar refractivity (Wildman–Crippen MR) is 46.2 cm³/mol. The second-order valence-electron chi connectivity index (χ2n) is 3.23. The van der Waals surface area contributed by atoms with Crippen LogP contribution in [0.1, 0.15) is 40.0 Å². The first kappa shape index (κ1) is 11.2. The van der Waals surface area contributed by atoms with Gasteiger partial charge in [-0.3, -0.25) is 0 Å². The lowest BCUT2D eigenvalue weighted by atomic mass is 10.0. The van der Waals surface area contributed by atoms with Crippen molar-refractivity contribution in [3.05, 3.63) is 10.1 Å². The molecule has 12 heavy (non-hydrogen) atoms. The molecule has 0 N–H and O–H groups in total. The zero-order valence-electron chi connectivity index (χ0n) is 7.95. The molecule has 0 rings (SSSR count). The predicted octanol–water partition coefficient (Wildman–Crippen LogP) is 2.41. The highest BCUT2D eigenvalue weighted by atomic mass is 17.0. The molecule has 0 aromatic heterocycles. The lowest BCUT2D eigenvalue weighted by Crippen LogP contribution is -2.14. The van der Waals surface area contributed by atoms with Crippen molar-refractivity contribution in [3.63, 3.8) is 0 Å². The first-order valence-electron chi connectivity index (χ1n) is 4.37. The summed E-state index contributed by atoms with van der Waals surface area (Å²) in [6.07, 6.45) is 2.60. The monoisotopic (exact) mass is 175 g/mol. The Morgan fingerprint density at radius 2 is 2.00 bits per heavy atom. The molecule has 2 atom stereocenters. The van der Waals surface area contributed by atoms with Gasteiger partial charge in [0.1, 0.15) is 6.10 Å². The Morgan fingerprint density at radius 1 is 1.42 bits per heavy atom. The molecule has 72 valence electrons. The summed E-state index contributed by atoms with van der Waals surface area (Å²) >= 11 is 0. The molecule has 4 heteroatoms. The van der Waals surface area contributed by atoms with Crippen molar-refractivity contribution in [3.8, 4) is 0 Å². The third-order valence-electron chi connectivity index (χ3n) is 2.03. The lowest BCUT2D eigenvalue weighted by molar-refractivity contribution is -0.767. The van der Waals surface area contributed by atoms with E-state index in [1.165, 1.54) is 0 Å². The zero-order valence-corrected chi connectivity index (χ0v) is 7.95. The van der Waals surface area contributed by atoms with Crippen LogP contribution in [0.5, 0.6) is 0 Å². The SMILES string of the molecule is CCC(C)CCC(C)O[N+](=O)[O-]. The molecule has 0 aliphatic heterocycles. The van der Waals surface area contributed by atoms with Crippen molar-refractivity contribution >= 4 is 0 Å². The van der Waals surface area contributed by atoms with Crippen LogP contribution in [0.25, 0.3) is 0 Å². The Labute approximate surface area is 73.0 Å². The van der Waals surface area contributed by atoms with Gasteiger partial charge >= 0.3 is 0 Å². The fourth-order valence-electron chi connectivity index (χ4n) is 0.923. The Morgan fingerprint density at radius 3 is 2.42 bits per heavy atom. The van der Waals surface area contributed by atoms with Gasteiger partial charge in [0.15, 0.2) is 0 Å². The molecule has 0 radical (unpaired) electrons. The van der Waals surface area contributed by atoms with Crippen LogP contribution < -0.4 is 0 Å². The standard InChI is InChI=1S/C8H17NO3/c1-4-7(2)5-6-8(3)12-9(10)11/h7-8H,4-6H2,1-3H3. The van der Waals surface area contributed by atoms with E-state index in [1.54, 1.807) is 6.92 Å². The van der Waals surface area contributed by atoms with Gasteiger partial charge < -0.3 is 4.84 Å². The number of hydrogen-bond donors (Lipinski definition) is 0. The van der Waals surface area contributed by atoms with Gasteiger partial charge in [0.2, 0.25) is 0 Å². The topological polar surface area (TPSA) is 52.4 Å². The molecule has 4 nitrogen and oxygen atoms in total. The summed E-state index contributed by atoms with van der Waals surface area (Å²) in [4.78, 5) is 14.3. The molecule has 0 fully saturated rings. The summed E-state index contributed by atoms with van der Waals surface area (Å²) in [6, 6.07) is 0. The second kappa shape index (κ2) is 5.80. The van der Waals surface area contributed by atoms with Crippen molar-refractivity contribution < 1.29 is 9.92 Å². The molecule has 0 aliphatic rings. The third kappa shape index (κ3) is 5.95. The van der Waals surface area contributed by atoms with Gasteiger partial charge in [-0.15, -0.1) is 10.1 Å². The van der Waals surface area contributed by atoms with Gasteiger partial charge in [-0.25, -0.2) is 0 Å². The van der Waals surface area contributed by atoms with Crippen LogP contribution in [-0.4, -0.2) is 11.2 Å². The minimum atomic E-state index is -0.721. The fourth-order valence-corrected chi connectivity index (χ4v) is 0.923. The zero-order chi connectivity index (χ0) is 9.56. The lowest BCUT2D eigenvalue weighted by Gasteiger charge is -2.11. The molecule has 0 saturated heterocycles. The Kier molecular flexibility index (Phi) is 5.41. The summed E-state index contributed by atoms with van der Waals surface area (Å²) in [5, 5.41) is 9.19. The quantitative estimate of drug-likeness (QED) is 0.460. The van der Waals surface area contributed by atoms with Gasteiger partial charge in [-0.1, -0.05) is 20.3 Å². The largest absolute Gasteiger partial charge is 0.311 e. The van der Waals surface area contributed by atoms with E-state index in [9.17, 15) is 10.1 Å². The van der Waals surface area contributed by atoms with E-state index in [0.717, 1.165) is 19.3 Å². The van der Waals surface area contributed by atoms with Crippen LogP contribution in [0.4, 0.5) is 0 Å². The van der Waals surface area contributed by atoms with Crippen molar-refractivity contribution in [2.45, 2.75) is 46.1 Å². The maximum atomic E-state index is 9.91. The van der Waals surface area contributed by atoms with Gasteiger partial charge in [-0.2, -0.15) is 0 Å². The van der Waals surface area contributed by atoms with Crippen molar-refractivity contribution in [1.82, 2.24) is 0 Å². The Hall–Kier alpha value is -0.800. The van der Waals surface area contributed by atoms with E-state index >= 15 is 0 Å². The first-order chi connectivity index (χ1) is 5.56. The van der Waals surface area contributed by atoms with Crippen LogP contribution in [0.3, 0.4) is 0 Å². The van der Waals surface area contributed by atoms with E-state index in [2.05, 4.69) is 18.7 Å². The summed E-state index contributed by atoms with van der Waals surface area (Å²) in [5.41, 5.74) is 0. The number of nitrogens with zero attached hydrogens (tertiary/aromatic N) is 1. The Bertz CT molecular complexity index is 138. The summed E-state index contributed by atoms with van der Waals surface area (Å²) in [6.45, 7) is 5.98. The van der Waals surface area contributed by atoms with E-state index in [4.69, 9.17) is 0 Å². The summed E-state index contributed by atoms with van der Waals surface area (Å²) < 4.78 is 0. The minimum absolute atomic E-state index is 0.269. The number of hydrogen-bond acceptors (Lipinski definition) is 3. The van der Waals surface area contributed by atoms with Crippen LogP contribution in [0.15, 0.2) is 0 Å². The molecule has 0 aromatic carbocycles. The fraction of sp³-hybridized carbons (Fsp3) is 1.00. The van der Waals surface area contributed by atoms with E-state index in [-0.39, 0.29) is 6.10 Å². The maximum absolute atomic E-state index is 9.91. The van der Waals surface area contributed by atoms with Crippen LogP contribution in [0, 0.1) is 16.0 Å². The Balaban J connectivity index is 3.43. The summed E-state index contributed by atoms with van der Waals surface area (Å²) in [5.74, 6) is 0.628. The van der Waals surface area contributed by atoms with Crippen LogP contribution in [-0.2, 0) is 4.84 Å². The van der Waals surface area contributed by atoms with Crippen LogP contribution >= 0.6 is 0 Å². The molecule has 2 unspecified atom stereocenters. The average Bonchev–Trinajstić information content (AvgIpc) is 1.99. The minimum Gasteiger partial charge on any atom is -0.311 e. The molecule has 0 saturated carbocycles. The second-order valence-corrected chi connectivity index (χ2v) is 3.23. The first-order valence-corrected chi connectivity index (χ1v) is 4.37. The summed E-state index contributed by atoms with van der Waals surface area (Å²) in [7, 11) is 0. The molecule has 0 bridgehead atoms. The highest BCUT2D eigenvalue weighted by Gasteiger charge is 2.08. The van der Waals surface area contributed by atoms with Gasteiger partial charge in [-0.05, 0) is 25.7 Å². The highest BCUT2D eigenvalue weighted by molar-refractivity contribution is 4.54. The molecule has 0 amide bonds. The average molecular weight is 175 g/mol. The third-order valence-corrected chi connectivity index (χ3v) is 2.03. The molecule has 0 aromatic rings. The van der Waals surface area contributed by atoms with Gasteiger partial charge in [0.25, 0.3) is 5.09 Å². The molecule has 0 aliphatic carbocycles. The van der Waals surface area contributed by atoms with Gasteiger partial charge in [0, 0.05) is 0 Å². The van der Waals surface area contributed by atoms with Crippen molar-refractivity contribution in [1.29, 1.82) is 0 Å². The van der Waals surface area contributed by atoms with E-state index in [1.807, 2.05) is 0 Å². The highest BCUT2D eigenvalue weighted by Crippen LogP contribution is 2.12. The smallest absolute Gasteiger partial charge is 0.294 e. The van der Waals surface area contributed by atoms with Crippen molar-refractivity contribution in [2.24, 2.45) is 5.92 Å². The van der Waals surface area contributed by atoms with E-state index in [0.29, 0.717) is 5.92 Å².